The van der Waals surface area contributed by atoms with Crippen molar-refractivity contribution in [2.75, 3.05) is 4.90 Å². The van der Waals surface area contributed by atoms with Crippen molar-refractivity contribution in [3.8, 4) is 0 Å². The van der Waals surface area contributed by atoms with Gasteiger partial charge in [0.1, 0.15) is 5.82 Å². The molecule has 8 rings (SSSR count). The molecule has 0 spiro atoms. The molecule has 0 saturated carbocycles. The third kappa shape index (κ3) is 6.12. The summed E-state index contributed by atoms with van der Waals surface area (Å²) in [5, 5.41) is 0. The molecule has 0 amide bonds. The van der Waals surface area contributed by atoms with Gasteiger partial charge in [0.2, 0.25) is 0 Å². The second-order valence-corrected chi connectivity index (χ2v) is 12.7. The summed E-state index contributed by atoms with van der Waals surface area (Å²) in [7, 11) is 0. The first-order valence-electron chi connectivity index (χ1n) is 16.1. The van der Waals surface area contributed by atoms with Crippen molar-refractivity contribution < 1.29 is 0 Å². The lowest BCUT2D eigenvalue weighted by Crippen LogP contribution is -2.16. The van der Waals surface area contributed by atoms with Gasteiger partial charge in [-0.2, -0.15) is 0 Å². The van der Waals surface area contributed by atoms with Gasteiger partial charge in [-0.3, -0.25) is 4.90 Å². The van der Waals surface area contributed by atoms with Crippen molar-refractivity contribution in [2.45, 2.75) is 9.79 Å². The van der Waals surface area contributed by atoms with E-state index in [2.05, 4.69) is 187 Å². The lowest BCUT2D eigenvalue weighted by Gasteiger charge is -2.33. The van der Waals surface area contributed by atoms with Crippen LogP contribution in [-0.4, -0.2) is 4.98 Å². The van der Waals surface area contributed by atoms with Gasteiger partial charge in [0.05, 0.1) is 11.4 Å². The van der Waals surface area contributed by atoms with E-state index in [1.807, 2.05) is 24.0 Å². The Morgan fingerprint density at radius 1 is 0.438 bits per heavy atom. The van der Waals surface area contributed by atoms with E-state index >= 15 is 0 Å². The van der Waals surface area contributed by atoms with Gasteiger partial charge in [-0.1, -0.05) is 151 Å². The van der Waals surface area contributed by atoms with Crippen LogP contribution in [0.2, 0.25) is 0 Å². The molecule has 228 valence electrons. The van der Waals surface area contributed by atoms with Crippen LogP contribution in [0.25, 0.3) is 23.3 Å². The maximum atomic E-state index is 4.82. The van der Waals surface area contributed by atoms with Gasteiger partial charge in [-0.25, -0.2) is 4.98 Å². The van der Waals surface area contributed by atoms with E-state index in [1.54, 1.807) is 0 Å². The molecular formula is C45H32N2S. The molecule has 0 bridgehead atoms. The molecule has 2 heterocycles. The van der Waals surface area contributed by atoms with E-state index in [0.29, 0.717) is 0 Å². The topological polar surface area (TPSA) is 16.1 Å². The van der Waals surface area contributed by atoms with Crippen LogP contribution in [0.5, 0.6) is 0 Å². The molecule has 6 aromatic carbocycles. The maximum absolute atomic E-state index is 4.82. The van der Waals surface area contributed by atoms with Crippen LogP contribution in [0.1, 0.15) is 33.4 Å². The standard InChI is InChI=1S/C45H32N2S/c1-5-15-33(16-6-1)29-39(35-19-9-3-10-20-35)37-24-26-41-43(31-37)48-44-32-38(25-27-42(44)47(41)45-23-13-14-28-46-45)40(36-21-11-4-12-22-36)30-34-17-7-2-8-18-34/h1-32H/b39-29-,40-30-. The zero-order chi connectivity index (χ0) is 32.1. The fourth-order valence-electron chi connectivity index (χ4n) is 6.21. The lowest BCUT2D eigenvalue weighted by molar-refractivity contribution is 1.11. The number of hydrogen-bond acceptors (Lipinski definition) is 3. The molecule has 7 aromatic rings. The third-order valence-electron chi connectivity index (χ3n) is 8.51. The zero-order valence-corrected chi connectivity index (χ0v) is 27.1. The van der Waals surface area contributed by atoms with Gasteiger partial charge in [-0.15, -0.1) is 0 Å². The van der Waals surface area contributed by atoms with Crippen molar-refractivity contribution >= 4 is 52.3 Å². The van der Waals surface area contributed by atoms with Crippen LogP contribution in [0.4, 0.5) is 17.2 Å². The van der Waals surface area contributed by atoms with E-state index in [0.717, 1.165) is 17.2 Å². The highest BCUT2D eigenvalue weighted by Gasteiger charge is 2.27. The van der Waals surface area contributed by atoms with Crippen LogP contribution in [-0.2, 0) is 0 Å². The number of nitrogens with zero attached hydrogens (tertiary/aromatic N) is 2. The average Bonchev–Trinajstić information content (AvgIpc) is 3.16. The van der Waals surface area contributed by atoms with E-state index in [9.17, 15) is 0 Å². The molecule has 2 nitrogen and oxygen atoms in total. The monoisotopic (exact) mass is 632 g/mol. The summed E-state index contributed by atoms with van der Waals surface area (Å²) in [5.41, 5.74) is 11.7. The molecule has 1 aliphatic heterocycles. The summed E-state index contributed by atoms with van der Waals surface area (Å²) in [6, 6.07) is 62.2. The summed E-state index contributed by atoms with van der Waals surface area (Å²) in [5.74, 6) is 0.895. The van der Waals surface area contributed by atoms with E-state index in [-0.39, 0.29) is 0 Å². The Labute approximate surface area is 286 Å². The average molecular weight is 633 g/mol. The molecule has 0 radical (unpaired) electrons. The summed E-state index contributed by atoms with van der Waals surface area (Å²) >= 11 is 1.82. The van der Waals surface area contributed by atoms with Gasteiger partial charge in [-0.05, 0) is 93.1 Å². The molecule has 0 unspecified atom stereocenters. The molecule has 1 aromatic heterocycles. The van der Waals surface area contributed by atoms with E-state index in [1.165, 1.54) is 54.3 Å². The highest BCUT2D eigenvalue weighted by molar-refractivity contribution is 7.99. The summed E-state index contributed by atoms with van der Waals surface area (Å²) in [6.07, 6.45) is 6.44. The Morgan fingerprint density at radius 3 is 1.31 bits per heavy atom. The first-order chi connectivity index (χ1) is 23.8. The van der Waals surface area contributed by atoms with E-state index < -0.39 is 0 Å². The second-order valence-electron chi connectivity index (χ2n) is 11.7. The summed E-state index contributed by atoms with van der Waals surface area (Å²) in [4.78, 5) is 9.48. The molecule has 0 N–H and O–H groups in total. The van der Waals surface area contributed by atoms with Crippen molar-refractivity contribution in [2.24, 2.45) is 0 Å². The van der Waals surface area contributed by atoms with E-state index in [4.69, 9.17) is 4.98 Å². The van der Waals surface area contributed by atoms with Gasteiger partial charge in [0, 0.05) is 16.0 Å². The van der Waals surface area contributed by atoms with Gasteiger partial charge >= 0.3 is 0 Å². The minimum Gasteiger partial charge on any atom is -0.293 e. The predicted octanol–water partition coefficient (Wildman–Crippen LogP) is 12.2. The Kier molecular flexibility index (Phi) is 8.27. The summed E-state index contributed by atoms with van der Waals surface area (Å²) in [6.45, 7) is 0. The van der Waals surface area contributed by atoms with Crippen molar-refractivity contribution in [1.82, 2.24) is 4.98 Å². The van der Waals surface area contributed by atoms with Crippen LogP contribution in [0.3, 0.4) is 0 Å². The quantitative estimate of drug-likeness (QED) is 0.163. The first-order valence-corrected chi connectivity index (χ1v) is 16.9. The Hall–Kier alpha value is -5.90. The molecule has 3 heteroatoms. The second kappa shape index (κ2) is 13.4. The highest BCUT2D eigenvalue weighted by Crippen LogP contribution is 2.52. The third-order valence-corrected chi connectivity index (χ3v) is 9.61. The number of benzene rings is 6. The van der Waals surface area contributed by atoms with Crippen LogP contribution in [0, 0.1) is 0 Å². The van der Waals surface area contributed by atoms with Crippen molar-refractivity contribution in [1.29, 1.82) is 0 Å². The number of hydrogen-bond donors (Lipinski definition) is 0. The van der Waals surface area contributed by atoms with Crippen LogP contribution >= 0.6 is 11.8 Å². The molecule has 0 fully saturated rings. The largest absolute Gasteiger partial charge is 0.293 e. The van der Waals surface area contributed by atoms with Gasteiger partial charge in [0.25, 0.3) is 0 Å². The smallest absolute Gasteiger partial charge is 0.137 e. The molecular weight excluding hydrogens is 601 g/mol. The normalized spacial score (nSPS) is 12.7. The maximum Gasteiger partial charge on any atom is 0.137 e. The number of aromatic nitrogens is 1. The predicted molar refractivity (Wildman–Crippen MR) is 203 cm³/mol. The lowest BCUT2D eigenvalue weighted by atomic mass is 9.94. The SMILES string of the molecule is C(=C(\c1ccccc1)c1ccc2c(c1)Sc1cc(/C(=C\c3ccccc3)c3ccccc3)ccc1N2c1ccccn1)/c1ccccc1. The minimum atomic E-state index is 0.895. The molecule has 0 atom stereocenters. The van der Waals surface area contributed by atoms with Gasteiger partial charge < -0.3 is 0 Å². The van der Waals surface area contributed by atoms with Crippen LogP contribution in [0.15, 0.2) is 192 Å². The Morgan fingerprint density at radius 2 is 0.875 bits per heavy atom. The number of pyridine rings is 1. The molecule has 0 saturated heterocycles. The minimum absolute atomic E-state index is 0.895. The number of rotatable bonds is 7. The highest BCUT2D eigenvalue weighted by atomic mass is 32.2. The van der Waals surface area contributed by atoms with Crippen molar-refractivity contribution in [3.63, 3.8) is 0 Å². The Bertz CT molecular complexity index is 2090. The molecule has 0 aliphatic carbocycles. The number of anilines is 3. The fraction of sp³-hybridized carbons (Fsp3) is 0. The van der Waals surface area contributed by atoms with Crippen LogP contribution < -0.4 is 4.90 Å². The number of fused-ring (bicyclic) bond motifs is 2. The zero-order valence-electron chi connectivity index (χ0n) is 26.3. The fourth-order valence-corrected chi connectivity index (χ4v) is 7.35. The van der Waals surface area contributed by atoms with Crippen molar-refractivity contribution in [3.05, 3.63) is 216 Å². The van der Waals surface area contributed by atoms with Gasteiger partial charge in [0.15, 0.2) is 0 Å². The first kappa shape index (κ1) is 29.5. The molecule has 1 aliphatic rings. The Balaban J connectivity index is 1.28. The summed E-state index contributed by atoms with van der Waals surface area (Å²) < 4.78 is 0. The molecule has 48 heavy (non-hydrogen) atoms.